The molecule has 86 valence electrons. The van der Waals surface area contributed by atoms with Crippen LogP contribution in [0.3, 0.4) is 0 Å². The number of hydrogen-bond acceptors (Lipinski definition) is 3. The molecule has 0 aliphatic rings. The number of carbonyl (C=O) groups is 2. The molecule has 0 saturated heterocycles. The molecule has 5 heteroatoms. The van der Waals surface area contributed by atoms with Crippen LogP contribution in [0.5, 0.6) is 5.75 Å². The van der Waals surface area contributed by atoms with Gasteiger partial charge in [0.1, 0.15) is 5.75 Å². The lowest BCUT2D eigenvalue weighted by atomic mass is 10.1. The van der Waals surface area contributed by atoms with Gasteiger partial charge in [-0.3, -0.25) is 20.4 Å². The Morgan fingerprint density at radius 2 is 2.12 bits per heavy atom. The minimum Gasteiger partial charge on any atom is -0.484 e. The molecular formula is C11H14N2O3. The number of nitrogens with one attached hydrogen (secondary N) is 2. The van der Waals surface area contributed by atoms with Gasteiger partial charge in [-0.2, -0.15) is 0 Å². The van der Waals surface area contributed by atoms with E-state index in [4.69, 9.17) is 4.74 Å². The highest BCUT2D eigenvalue weighted by Crippen LogP contribution is 2.15. The average Bonchev–Trinajstić information content (AvgIpc) is 2.28. The number of hydrogen-bond donors (Lipinski definition) is 2. The fourth-order valence-corrected chi connectivity index (χ4v) is 1.10. The van der Waals surface area contributed by atoms with Crippen molar-refractivity contribution >= 4 is 12.3 Å². The molecule has 16 heavy (non-hydrogen) atoms. The summed E-state index contributed by atoms with van der Waals surface area (Å²) in [5, 5.41) is 0. The molecule has 0 bridgehead atoms. The number of hydrazine groups is 1. The molecule has 0 fully saturated rings. The van der Waals surface area contributed by atoms with Crippen molar-refractivity contribution in [3.63, 3.8) is 0 Å². The van der Waals surface area contributed by atoms with Crippen LogP contribution in [0, 0.1) is 13.8 Å². The molecule has 2 N–H and O–H groups in total. The van der Waals surface area contributed by atoms with Crippen LogP contribution in [-0.2, 0) is 9.59 Å². The SMILES string of the molecule is Cc1ccc(OCC(=O)NNC=O)cc1C. The van der Waals surface area contributed by atoms with E-state index in [0.29, 0.717) is 12.2 Å². The zero-order valence-electron chi connectivity index (χ0n) is 9.24. The maximum atomic E-state index is 11.1. The number of amides is 2. The number of aryl methyl sites for hydroxylation is 2. The van der Waals surface area contributed by atoms with E-state index in [1.807, 2.05) is 31.4 Å². The summed E-state index contributed by atoms with van der Waals surface area (Å²) < 4.78 is 5.23. The average molecular weight is 222 g/mol. The zero-order chi connectivity index (χ0) is 12.0. The minimum atomic E-state index is -0.412. The lowest BCUT2D eigenvalue weighted by molar-refractivity contribution is -0.126. The Morgan fingerprint density at radius 1 is 1.38 bits per heavy atom. The van der Waals surface area contributed by atoms with E-state index in [2.05, 4.69) is 5.43 Å². The van der Waals surface area contributed by atoms with Gasteiger partial charge in [-0.25, -0.2) is 0 Å². The smallest absolute Gasteiger partial charge is 0.276 e. The molecule has 0 heterocycles. The number of rotatable bonds is 5. The monoisotopic (exact) mass is 222 g/mol. The second-order valence-corrected chi connectivity index (χ2v) is 3.35. The third-order valence-electron chi connectivity index (χ3n) is 2.12. The lowest BCUT2D eigenvalue weighted by Crippen LogP contribution is -2.39. The van der Waals surface area contributed by atoms with Crippen molar-refractivity contribution in [3.05, 3.63) is 29.3 Å². The second kappa shape index (κ2) is 5.75. The first-order chi connectivity index (χ1) is 7.63. The largest absolute Gasteiger partial charge is 0.484 e. The maximum absolute atomic E-state index is 11.1. The third kappa shape index (κ3) is 3.61. The molecule has 0 atom stereocenters. The molecule has 0 spiro atoms. The Kier molecular flexibility index (Phi) is 4.32. The zero-order valence-corrected chi connectivity index (χ0v) is 9.24. The van der Waals surface area contributed by atoms with Crippen LogP contribution >= 0.6 is 0 Å². The highest BCUT2D eigenvalue weighted by molar-refractivity contribution is 5.78. The van der Waals surface area contributed by atoms with Gasteiger partial charge >= 0.3 is 0 Å². The first kappa shape index (κ1) is 12.0. The van der Waals surface area contributed by atoms with Gasteiger partial charge in [0.2, 0.25) is 6.41 Å². The van der Waals surface area contributed by atoms with Crippen molar-refractivity contribution in [2.24, 2.45) is 0 Å². The molecule has 1 aromatic rings. The maximum Gasteiger partial charge on any atom is 0.276 e. The Balaban J connectivity index is 2.45. The highest BCUT2D eigenvalue weighted by atomic mass is 16.5. The van der Waals surface area contributed by atoms with Crippen molar-refractivity contribution in [2.45, 2.75) is 13.8 Å². The quantitative estimate of drug-likeness (QED) is 0.561. The number of ether oxygens (including phenoxy) is 1. The van der Waals surface area contributed by atoms with Crippen molar-refractivity contribution in [2.75, 3.05) is 6.61 Å². The summed E-state index contributed by atoms with van der Waals surface area (Å²) >= 11 is 0. The highest BCUT2D eigenvalue weighted by Gasteiger charge is 2.02. The predicted molar refractivity (Wildman–Crippen MR) is 58.8 cm³/mol. The summed E-state index contributed by atoms with van der Waals surface area (Å²) in [6, 6.07) is 5.57. The fourth-order valence-electron chi connectivity index (χ4n) is 1.10. The van der Waals surface area contributed by atoms with Crippen LogP contribution in [0.25, 0.3) is 0 Å². The van der Waals surface area contributed by atoms with Crippen LogP contribution in [-0.4, -0.2) is 18.9 Å². The fraction of sp³-hybridized carbons (Fsp3) is 0.273. The standard InChI is InChI=1S/C11H14N2O3/c1-8-3-4-10(5-9(8)2)16-6-11(15)13-12-7-14/h3-5,7H,6H2,1-2H3,(H,12,14)(H,13,15). The van der Waals surface area contributed by atoms with Gasteiger partial charge in [0, 0.05) is 0 Å². The van der Waals surface area contributed by atoms with Crippen LogP contribution in [0.2, 0.25) is 0 Å². The summed E-state index contributed by atoms with van der Waals surface area (Å²) in [6.07, 6.45) is 0.383. The van der Waals surface area contributed by atoms with Crippen LogP contribution in [0.1, 0.15) is 11.1 Å². The van der Waals surface area contributed by atoms with Crippen LogP contribution in [0.15, 0.2) is 18.2 Å². The summed E-state index contributed by atoms with van der Waals surface area (Å²) in [5.74, 6) is 0.217. The second-order valence-electron chi connectivity index (χ2n) is 3.35. The molecule has 5 nitrogen and oxygen atoms in total. The molecule has 0 aliphatic heterocycles. The molecule has 0 saturated carbocycles. The van der Waals surface area contributed by atoms with Crippen LogP contribution in [0.4, 0.5) is 0 Å². The molecule has 0 radical (unpaired) electrons. The number of benzene rings is 1. The van der Waals surface area contributed by atoms with E-state index >= 15 is 0 Å². The van der Waals surface area contributed by atoms with Gasteiger partial charge in [-0.1, -0.05) is 6.07 Å². The van der Waals surface area contributed by atoms with Crippen molar-refractivity contribution < 1.29 is 14.3 Å². The molecule has 0 aromatic heterocycles. The Bertz CT molecular complexity index is 391. The number of carbonyl (C=O) groups excluding carboxylic acids is 2. The predicted octanol–water partition coefficient (Wildman–Crippen LogP) is 0.459. The Morgan fingerprint density at radius 3 is 2.75 bits per heavy atom. The third-order valence-corrected chi connectivity index (χ3v) is 2.12. The van der Waals surface area contributed by atoms with E-state index < -0.39 is 5.91 Å². The van der Waals surface area contributed by atoms with E-state index in [1.165, 1.54) is 5.56 Å². The molecule has 2 amide bonds. The van der Waals surface area contributed by atoms with Crippen molar-refractivity contribution in [1.29, 1.82) is 0 Å². The molecular weight excluding hydrogens is 208 g/mol. The summed E-state index contributed by atoms with van der Waals surface area (Å²) in [5.41, 5.74) is 6.46. The van der Waals surface area contributed by atoms with Gasteiger partial charge in [-0.05, 0) is 37.1 Å². The summed E-state index contributed by atoms with van der Waals surface area (Å²) in [6.45, 7) is 3.83. The summed E-state index contributed by atoms with van der Waals surface area (Å²) in [7, 11) is 0. The van der Waals surface area contributed by atoms with Crippen molar-refractivity contribution in [1.82, 2.24) is 10.9 Å². The molecule has 0 aliphatic carbocycles. The van der Waals surface area contributed by atoms with Gasteiger partial charge < -0.3 is 4.74 Å². The topological polar surface area (TPSA) is 67.4 Å². The van der Waals surface area contributed by atoms with Gasteiger partial charge in [0.05, 0.1) is 0 Å². The normalized spacial score (nSPS) is 9.38. The van der Waals surface area contributed by atoms with E-state index in [1.54, 1.807) is 6.07 Å². The summed E-state index contributed by atoms with van der Waals surface area (Å²) in [4.78, 5) is 21.0. The minimum absolute atomic E-state index is 0.136. The first-order valence-electron chi connectivity index (χ1n) is 4.81. The van der Waals surface area contributed by atoms with Crippen molar-refractivity contribution in [3.8, 4) is 5.75 Å². The van der Waals surface area contributed by atoms with Gasteiger partial charge in [0.25, 0.3) is 5.91 Å². The van der Waals surface area contributed by atoms with Gasteiger partial charge in [-0.15, -0.1) is 0 Å². The van der Waals surface area contributed by atoms with Crippen LogP contribution < -0.4 is 15.6 Å². The lowest BCUT2D eigenvalue weighted by Gasteiger charge is -2.08. The van der Waals surface area contributed by atoms with E-state index in [-0.39, 0.29) is 6.61 Å². The Labute approximate surface area is 93.8 Å². The Hall–Kier alpha value is -2.04. The molecule has 1 rings (SSSR count). The van der Waals surface area contributed by atoms with E-state index in [9.17, 15) is 9.59 Å². The molecule has 1 aromatic carbocycles. The van der Waals surface area contributed by atoms with Gasteiger partial charge in [0.15, 0.2) is 6.61 Å². The molecule has 0 unspecified atom stereocenters. The van der Waals surface area contributed by atoms with E-state index in [0.717, 1.165) is 5.56 Å². The first-order valence-corrected chi connectivity index (χ1v) is 4.81.